The van der Waals surface area contributed by atoms with Gasteiger partial charge in [0.05, 0.1) is 5.41 Å². The lowest BCUT2D eigenvalue weighted by atomic mass is 9.82. The molecule has 9 heteroatoms. The molecule has 1 N–H and O–H groups in total. The van der Waals surface area contributed by atoms with E-state index in [0.29, 0.717) is 0 Å². The van der Waals surface area contributed by atoms with E-state index < -0.39 is 35.9 Å². The van der Waals surface area contributed by atoms with Gasteiger partial charge in [-0.2, -0.15) is 22.0 Å². The Bertz CT molecular complexity index is 395. The van der Waals surface area contributed by atoms with Gasteiger partial charge in [-0.05, 0) is 19.8 Å². The fraction of sp³-hybridized carbons (Fsp3) is 0.800. The third-order valence-electron chi connectivity index (χ3n) is 3.12. The average molecular weight is 289 g/mol. The molecule has 0 aliphatic carbocycles. The lowest BCUT2D eigenvalue weighted by Crippen LogP contribution is -2.57. The van der Waals surface area contributed by atoms with Crippen LogP contribution < -0.4 is 0 Å². The second-order valence-corrected chi connectivity index (χ2v) is 4.77. The molecule has 4 nitrogen and oxygen atoms in total. The topological polar surface area (TPSA) is 57.6 Å². The van der Waals surface area contributed by atoms with Crippen LogP contribution in [0.15, 0.2) is 0 Å². The molecular formula is C10H12F5NO3. The van der Waals surface area contributed by atoms with E-state index in [1.165, 1.54) is 6.92 Å². The fourth-order valence-electron chi connectivity index (χ4n) is 1.91. The van der Waals surface area contributed by atoms with Crippen molar-refractivity contribution in [2.24, 2.45) is 5.41 Å². The predicted molar refractivity (Wildman–Crippen MR) is 52.6 cm³/mol. The molecule has 0 radical (unpaired) electrons. The molecule has 0 bridgehead atoms. The molecule has 1 rings (SSSR count). The highest BCUT2D eigenvalue weighted by Crippen LogP contribution is 2.39. The van der Waals surface area contributed by atoms with Crippen molar-refractivity contribution >= 4 is 11.9 Å². The Kier molecular flexibility index (Phi) is 3.79. The minimum atomic E-state index is -5.98. The van der Waals surface area contributed by atoms with E-state index in [2.05, 4.69) is 0 Å². The first kappa shape index (κ1) is 15.6. The van der Waals surface area contributed by atoms with Gasteiger partial charge in [-0.1, -0.05) is 0 Å². The normalized spacial score (nSPS) is 25.3. The van der Waals surface area contributed by atoms with Crippen LogP contribution in [0, 0.1) is 5.41 Å². The van der Waals surface area contributed by atoms with Crippen LogP contribution in [-0.2, 0) is 9.59 Å². The highest BCUT2D eigenvalue weighted by atomic mass is 19.4. The third-order valence-corrected chi connectivity index (χ3v) is 3.12. The van der Waals surface area contributed by atoms with Crippen LogP contribution in [-0.4, -0.2) is 47.1 Å². The molecule has 0 saturated carbocycles. The number of carbonyl (C=O) groups is 2. The van der Waals surface area contributed by atoms with Gasteiger partial charge in [0, 0.05) is 13.1 Å². The number of hydrogen-bond acceptors (Lipinski definition) is 2. The van der Waals surface area contributed by atoms with E-state index in [4.69, 9.17) is 5.11 Å². The van der Waals surface area contributed by atoms with Gasteiger partial charge in [-0.15, -0.1) is 0 Å². The fourth-order valence-corrected chi connectivity index (χ4v) is 1.91. The second kappa shape index (κ2) is 4.61. The minimum absolute atomic E-state index is 0.0580. The number of likely N-dealkylation sites (tertiary alicyclic amines) is 1. The number of carboxylic acid groups (broad SMARTS) is 1. The molecule has 1 unspecified atom stereocenters. The Morgan fingerprint density at radius 3 is 2.16 bits per heavy atom. The molecule has 110 valence electrons. The Hall–Kier alpha value is -1.41. The Morgan fingerprint density at radius 1 is 1.21 bits per heavy atom. The summed E-state index contributed by atoms with van der Waals surface area (Å²) in [5.74, 6) is -9.23. The van der Waals surface area contributed by atoms with Gasteiger partial charge in [0.25, 0.3) is 0 Å². The molecule has 1 fully saturated rings. The lowest BCUT2D eigenvalue weighted by molar-refractivity contribution is -0.275. The molecule has 1 saturated heterocycles. The van der Waals surface area contributed by atoms with Crippen LogP contribution in [0.2, 0.25) is 0 Å². The number of aliphatic carboxylic acids is 1. The van der Waals surface area contributed by atoms with Crippen molar-refractivity contribution in [3.05, 3.63) is 0 Å². The standard InChI is InChI=1S/C10H12F5NO3/c1-8(7(18)19)3-2-4-16(5-8)6(17)9(11,12)10(13,14)15/h2-5H2,1H3,(H,18,19). The van der Waals surface area contributed by atoms with Crippen molar-refractivity contribution in [3.8, 4) is 0 Å². The number of carboxylic acids is 1. The Labute approximate surface area is 105 Å². The summed E-state index contributed by atoms with van der Waals surface area (Å²) >= 11 is 0. The molecule has 0 spiro atoms. The van der Waals surface area contributed by atoms with Crippen LogP contribution in [0.25, 0.3) is 0 Å². The van der Waals surface area contributed by atoms with E-state index in [1.54, 1.807) is 0 Å². The largest absolute Gasteiger partial charge is 0.481 e. The maximum Gasteiger partial charge on any atom is 0.463 e. The first-order valence-corrected chi connectivity index (χ1v) is 5.39. The average Bonchev–Trinajstić information content (AvgIpc) is 2.26. The zero-order valence-electron chi connectivity index (χ0n) is 9.93. The van der Waals surface area contributed by atoms with Gasteiger partial charge >= 0.3 is 24.0 Å². The lowest BCUT2D eigenvalue weighted by Gasteiger charge is -2.38. The van der Waals surface area contributed by atoms with Gasteiger partial charge in [-0.3, -0.25) is 9.59 Å². The van der Waals surface area contributed by atoms with Crippen LogP contribution in [0.5, 0.6) is 0 Å². The van der Waals surface area contributed by atoms with Gasteiger partial charge in [0.15, 0.2) is 0 Å². The number of carbonyl (C=O) groups excluding carboxylic acids is 1. The van der Waals surface area contributed by atoms with Crippen molar-refractivity contribution in [2.75, 3.05) is 13.1 Å². The Balaban J connectivity index is 2.93. The maximum atomic E-state index is 12.9. The van der Waals surface area contributed by atoms with Crippen molar-refractivity contribution in [1.29, 1.82) is 0 Å². The van der Waals surface area contributed by atoms with Gasteiger partial charge < -0.3 is 10.0 Å². The quantitative estimate of drug-likeness (QED) is 0.790. The van der Waals surface area contributed by atoms with Crippen molar-refractivity contribution in [2.45, 2.75) is 31.9 Å². The molecule has 0 aromatic carbocycles. The summed E-state index contributed by atoms with van der Waals surface area (Å²) in [6.45, 7) is 0.237. The summed E-state index contributed by atoms with van der Waals surface area (Å²) in [7, 11) is 0. The van der Waals surface area contributed by atoms with Gasteiger partial charge in [-0.25, -0.2) is 0 Å². The molecular weight excluding hydrogens is 277 g/mol. The van der Waals surface area contributed by atoms with Gasteiger partial charge in [0.2, 0.25) is 0 Å². The highest BCUT2D eigenvalue weighted by molar-refractivity contribution is 5.85. The zero-order chi connectivity index (χ0) is 15.1. The maximum absolute atomic E-state index is 12.9. The molecule has 0 aromatic heterocycles. The van der Waals surface area contributed by atoms with E-state index in [-0.39, 0.29) is 24.3 Å². The monoisotopic (exact) mass is 289 g/mol. The highest BCUT2D eigenvalue weighted by Gasteiger charge is 2.65. The summed E-state index contributed by atoms with van der Waals surface area (Å²) in [5.41, 5.74) is -1.50. The van der Waals surface area contributed by atoms with E-state index in [9.17, 15) is 31.5 Å². The van der Waals surface area contributed by atoms with Crippen LogP contribution in [0.1, 0.15) is 19.8 Å². The van der Waals surface area contributed by atoms with Crippen LogP contribution >= 0.6 is 0 Å². The van der Waals surface area contributed by atoms with Crippen LogP contribution in [0.4, 0.5) is 22.0 Å². The summed E-state index contributed by atoms with van der Waals surface area (Å²) in [4.78, 5) is 22.5. The number of amides is 1. The van der Waals surface area contributed by atoms with E-state index in [1.807, 2.05) is 0 Å². The zero-order valence-corrected chi connectivity index (χ0v) is 9.93. The summed E-state index contributed by atoms with van der Waals surface area (Å²) < 4.78 is 62.0. The predicted octanol–water partition coefficient (Wildman–Crippen LogP) is 1.90. The summed E-state index contributed by atoms with van der Waals surface area (Å²) in [5, 5.41) is 8.91. The molecule has 1 aliphatic heterocycles. The van der Waals surface area contributed by atoms with E-state index in [0.717, 1.165) is 0 Å². The first-order chi connectivity index (χ1) is 8.42. The molecule has 1 amide bonds. The van der Waals surface area contributed by atoms with Gasteiger partial charge in [0.1, 0.15) is 0 Å². The smallest absolute Gasteiger partial charge is 0.463 e. The second-order valence-electron chi connectivity index (χ2n) is 4.77. The first-order valence-electron chi connectivity index (χ1n) is 5.39. The van der Waals surface area contributed by atoms with Crippen molar-refractivity contribution in [1.82, 2.24) is 4.90 Å². The molecule has 1 atom stereocenters. The van der Waals surface area contributed by atoms with Crippen molar-refractivity contribution < 1.29 is 36.6 Å². The number of rotatable bonds is 2. The molecule has 1 aliphatic rings. The third kappa shape index (κ3) is 2.79. The number of hydrogen-bond donors (Lipinski definition) is 1. The Morgan fingerprint density at radius 2 is 1.74 bits per heavy atom. The SMILES string of the molecule is CC1(C(=O)O)CCCN(C(=O)C(F)(F)C(F)(F)F)C1. The van der Waals surface area contributed by atoms with Crippen molar-refractivity contribution in [3.63, 3.8) is 0 Å². The minimum Gasteiger partial charge on any atom is -0.481 e. The van der Waals surface area contributed by atoms with Crippen LogP contribution in [0.3, 0.4) is 0 Å². The molecule has 0 aromatic rings. The van der Waals surface area contributed by atoms with E-state index >= 15 is 0 Å². The summed E-state index contributed by atoms with van der Waals surface area (Å²) in [6.07, 6.45) is -5.81. The number of halogens is 5. The molecule has 19 heavy (non-hydrogen) atoms. The summed E-state index contributed by atoms with van der Waals surface area (Å²) in [6, 6.07) is 0. The number of nitrogens with zero attached hydrogens (tertiary/aromatic N) is 1. The number of alkyl halides is 5. The number of piperidine rings is 1. The molecule has 1 heterocycles.